The van der Waals surface area contributed by atoms with Crippen molar-refractivity contribution in [2.45, 2.75) is 39.7 Å². The number of rotatable bonds is 5. The first-order valence-electron chi connectivity index (χ1n) is 6.22. The normalized spacial score (nSPS) is 12.2. The molecular weight excluding hydrogens is 230 g/mol. The van der Waals surface area contributed by atoms with Gasteiger partial charge in [0.1, 0.15) is 5.75 Å². The number of hydrogen-bond acceptors (Lipinski definition) is 3. The molecule has 18 heavy (non-hydrogen) atoms. The molecule has 1 aromatic rings. The lowest BCUT2D eigenvalue weighted by Gasteiger charge is -2.17. The van der Waals surface area contributed by atoms with Crippen molar-refractivity contribution in [1.82, 2.24) is 5.32 Å². The Balaban J connectivity index is 2.87. The van der Waals surface area contributed by atoms with E-state index in [-0.39, 0.29) is 29.9 Å². The van der Waals surface area contributed by atoms with Crippen LogP contribution in [0.2, 0.25) is 0 Å². The van der Waals surface area contributed by atoms with E-state index in [1.165, 1.54) is 0 Å². The Bertz CT molecular complexity index is 429. The topological polar surface area (TPSA) is 69.6 Å². The maximum atomic E-state index is 12.0. The van der Waals surface area contributed by atoms with Gasteiger partial charge in [-0.1, -0.05) is 13.0 Å². The minimum absolute atomic E-state index is 0.0337. The number of aliphatic hydroxyl groups is 1. The predicted molar refractivity (Wildman–Crippen MR) is 70.8 cm³/mol. The Morgan fingerprint density at radius 1 is 1.39 bits per heavy atom. The summed E-state index contributed by atoms with van der Waals surface area (Å²) < 4.78 is 0. The largest absolute Gasteiger partial charge is 0.507 e. The Morgan fingerprint density at radius 2 is 2.06 bits per heavy atom. The minimum Gasteiger partial charge on any atom is -0.507 e. The van der Waals surface area contributed by atoms with E-state index in [0.717, 1.165) is 17.5 Å². The zero-order valence-electron chi connectivity index (χ0n) is 11.2. The summed E-state index contributed by atoms with van der Waals surface area (Å²) in [6.45, 7) is 5.66. The van der Waals surface area contributed by atoms with E-state index < -0.39 is 0 Å². The zero-order valence-corrected chi connectivity index (χ0v) is 11.2. The van der Waals surface area contributed by atoms with Crippen LogP contribution < -0.4 is 5.32 Å². The zero-order chi connectivity index (χ0) is 13.7. The van der Waals surface area contributed by atoms with Crippen LogP contribution in [0.3, 0.4) is 0 Å². The number of aromatic hydroxyl groups is 1. The number of nitrogens with one attached hydrogen (secondary N) is 1. The van der Waals surface area contributed by atoms with Gasteiger partial charge in [-0.3, -0.25) is 4.79 Å². The maximum Gasteiger partial charge on any atom is 0.255 e. The molecule has 0 saturated heterocycles. The molecule has 0 aliphatic rings. The van der Waals surface area contributed by atoms with E-state index in [2.05, 4.69) is 5.32 Å². The fraction of sp³-hybridized carbons (Fsp3) is 0.500. The van der Waals surface area contributed by atoms with Crippen molar-refractivity contribution in [3.05, 3.63) is 28.8 Å². The molecule has 0 bridgehead atoms. The lowest BCUT2D eigenvalue weighted by molar-refractivity contribution is 0.0926. The molecule has 0 aliphatic heterocycles. The average molecular weight is 251 g/mol. The SMILES string of the molecule is CCC(CCO)NC(=O)c1ccc(C)c(C)c1O. The summed E-state index contributed by atoms with van der Waals surface area (Å²) in [5.41, 5.74) is 1.96. The van der Waals surface area contributed by atoms with E-state index in [1.54, 1.807) is 13.0 Å². The number of aliphatic hydroxyl groups excluding tert-OH is 1. The molecular formula is C14H21NO3. The van der Waals surface area contributed by atoms with Gasteiger partial charge in [-0.25, -0.2) is 0 Å². The Labute approximate surface area is 108 Å². The third-order valence-corrected chi connectivity index (χ3v) is 3.25. The van der Waals surface area contributed by atoms with Crippen LogP contribution in [0.25, 0.3) is 0 Å². The smallest absolute Gasteiger partial charge is 0.255 e. The van der Waals surface area contributed by atoms with Crippen LogP contribution in [0.4, 0.5) is 0 Å². The second-order valence-electron chi connectivity index (χ2n) is 4.49. The van der Waals surface area contributed by atoms with Gasteiger partial charge >= 0.3 is 0 Å². The van der Waals surface area contributed by atoms with Crippen LogP contribution >= 0.6 is 0 Å². The van der Waals surface area contributed by atoms with Gasteiger partial charge < -0.3 is 15.5 Å². The summed E-state index contributed by atoms with van der Waals surface area (Å²) in [6, 6.07) is 3.37. The van der Waals surface area contributed by atoms with Crippen molar-refractivity contribution < 1.29 is 15.0 Å². The van der Waals surface area contributed by atoms with Gasteiger partial charge in [-0.2, -0.15) is 0 Å². The molecule has 100 valence electrons. The predicted octanol–water partition coefficient (Wildman–Crippen LogP) is 1.90. The third-order valence-electron chi connectivity index (χ3n) is 3.25. The van der Waals surface area contributed by atoms with Crippen LogP contribution in [0.1, 0.15) is 41.3 Å². The van der Waals surface area contributed by atoms with E-state index >= 15 is 0 Å². The molecule has 1 unspecified atom stereocenters. The highest BCUT2D eigenvalue weighted by Gasteiger charge is 2.16. The molecule has 1 aromatic carbocycles. The molecule has 0 radical (unpaired) electrons. The quantitative estimate of drug-likeness (QED) is 0.748. The number of phenolic OH excluding ortho intramolecular Hbond substituents is 1. The summed E-state index contributed by atoms with van der Waals surface area (Å²) in [6.07, 6.45) is 1.27. The second-order valence-corrected chi connectivity index (χ2v) is 4.49. The fourth-order valence-electron chi connectivity index (χ4n) is 1.78. The van der Waals surface area contributed by atoms with Crippen LogP contribution in [-0.4, -0.2) is 28.8 Å². The van der Waals surface area contributed by atoms with Crippen LogP contribution in [0, 0.1) is 13.8 Å². The highest BCUT2D eigenvalue weighted by Crippen LogP contribution is 2.24. The number of benzene rings is 1. The number of carbonyl (C=O) groups is 1. The molecule has 0 spiro atoms. The number of amides is 1. The summed E-state index contributed by atoms with van der Waals surface area (Å²) in [4.78, 5) is 12.0. The van der Waals surface area contributed by atoms with Crippen molar-refractivity contribution in [1.29, 1.82) is 0 Å². The summed E-state index contributed by atoms with van der Waals surface area (Å²) in [5, 5.41) is 21.7. The van der Waals surface area contributed by atoms with Crippen molar-refractivity contribution in [3.63, 3.8) is 0 Å². The van der Waals surface area contributed by atoms with Crippen molar-refractivity contribution in [3.8, 4) is 5.75 Å². The lowest BCUT2D eigenvalue weighted by atomic mass is 10.0. The van der Waals surface area contributed by atoms with Crippen molar-refractivity contribution in [2.75, 3.05) is 6.61 Å². The molecule has 1 amide bonds. The van der Waals surface area contributed by atoms with Gasteiger partial charge in [0.25, 0.3) is 5.91 Å². The van der Waals surface area contributed by atoms with Gasteiger partial charge in [0.05, 0.1) is 5.56 Å². The first-order chi connectivity index (χ1) is 8.51. The van der Waals surface area contributed by atoms with Crippen molar-refractivity contribution >= 4 is 5.91 Å². The fourth-order valence-corrected chi connectivity index (χ4v) is 1.78. The molecule has 1 rings (SSSR count). The molecule has 0 fully saturated rings. The van der Waals surface area contributed by atoms with Crippen LogP contribution in [-0.2, 0) is 0 Å². The molecule has 0 heterocycles. The Hall–Kier alpha value is -1.55. The van der Waals surface area contributed by atoms with Crippen LogP contribution in [0.5, 0.6) is 5.75 Å². The summed E-state index contributed by atoms with van der Waals surface area (Å²) in [5.74, 6) is -0.262. The van der Waals surface area contributed by atoms with Crippen molar-refractivity contribution in [2.24, 2.45) is 0 Å². The summed E-state index contributed by atoms with van der Waals surface area (Å²) in [7, 11) is 0. The highest BCUT2D eigenvalue weighted by molar-refractivity contribution is 5.97. The Morgan fingerprint density at radius 3 is 2.61 bits per heavy atom. The monoisotopic (exact) mass is 251 g/mol. The van der Waals surface area contributed by atoms with Gasteiger partial charge in [0.15, 0.2) is 0 Å². The first-order valence-corrected chi connectivity index (χ1v) is 6.22. The molecule has 4 heteroatoms. The first kappa shape index (κ1) is 14.5. The third kappa shape index (κ3) is 3.23. The number of aryl methyl sites for hydroxylation is 1. The Kier molecular flexibility index (Phi) is 5.16. The molecule has 3 N–H and O–H groups in total. The van der Waals surface area contributed by atoms with Gasteiger partial charge in [0.2, 0.25) is 0 Å². The van der Waals surface area contributed by atoms with E-state index in [0.29, 0.717) is 6.42 Å². The standard InChI is InChI=1S/C14H21NO3/c1-4-11(7-8-16)15-14(18)12-6-5-9(2)10(3)13(12)17/h5-6,11,16-17H,4,7-8H2,1-3H3,(H,15,18). The van der Waals surface area contributed by atoms with Gasteiger partial charge in [-0.05, 0) is 43.9 Å². The number of hydrogen-bond donors (Lipinski definition) is 3. The molecule has 0 saturated carbocycles. The molecule has 4 nitrogen and oxygen atoms in total. The maximum absolute atomic E-state index is 12.0. The average Bonchev–Trinajstić information content (AvgIpc) is 2.35. The van der Waals surface area contributed by atoms with Crippen LogP contribution in [0.15, 0.2) is 12.1 Å². The van der Waals surface area contributed by atoms with Gasteiger partial charge in [-0.15, -0.1) is 0 Å². The number of carbonyl (C=O) groups excluding carboxylic acids is 1. The second kappa shape index (κ2) is 6.40. The molecule has 1 atom stereocenters. The van der Waals surface area contributed by atoms with E-state index in [9.17, 15) is 9.90 Å². The molecule has 0 aliphatic carbocycles. The van der Waals surface area contributed by atoms with E-state index in [4.69, 9.17) is 5.11 Å². The lowest BCUT2D eigenvalue weighted by Crippen LogP contribution is -2.35. The highest BCUT2D eigenvalue weighted by atomic mass is 16.3. The van der Waals surface area contributed by atoms with Gasteiger partial charge in [0, 0.05) is 12.6 Å². The van der Waals surface area contributed by atoms with E-state index in [1.807, 2.05) is 19.9 Å². The number of phenols is 1. The summed E-state index contributed by atoms with van der Waals surface area (Å²) >= 11 is 0. The minimum atomic E-state index is -0.295. The molecule has 0 aromatic heterocycles.